The third-order valence-corrected chi connectivity index (χ3v) is 7.35. The maximum Gasteiger partial charge on any atom is 0.472 e. The van der Waals surface area contributed by atoms with Crippen molar-refractivity contribution in [3.63, 3.8) is 0 Å². The van der Waals surface area contributed by atoms with Gasteiger partial charge in [-0.25, -0.2) is 14.2 Å². The molecule has 18 nitrogen and oxygen atoms in total. The summed E-state index contributed by atoms with van der Waals surface area (Å²) in [6.07, 6.45) is -6.94. The van der Waals surface area contributed by atoms with E-state index in [0.717, 1.165) is 10.8 Å². The number of nitrogens with zero attached hydrogens (tertiary/aromatic N) is 1. The molecule has 0 bridgehead atoms. The zero-order valence-corrected chi connectivity index (χ0v) is 21.6. The van der Waals surface area contributed by atoms with Gasteiger partial charge in [0.2, 0.25) is 0 Å². The van der Waals surface area contributed by atoms with Crippen LogP contribution in [0.4, 0.5) is 4.79 Å². The maximum absolute atomic E-state index is 12.5. The SMILES string of the molecule is C[C@@](CNC(N)=O)(Cc1cn([C@H]2C[C@H](O)[C@@H](COP(=O)(O)O[C@H]3C[C@H](O)O[C@@H]3CO)O2)c(=O)[nH]c1=O)C(=O)O. The topological polar surface area (TPSA) is 282 Å². The van der Waals surface area contributed by atoms with Gasteiger partial charge in [-0.05, 0) is 13.3 Å². The minimum atomic E-state index is -4.76. The molecule has 9 N–H and O–H groups in total. The number of nitrogens with one attached hydrogen (secondary N) is 2. The molecular weight excluding hydrogens is 551 g/mol. The van der Waals surface area contributed by atoms with Gasteiger partial charge in [0.25, 0.3) is 5.56 Å². The second-order valence-electron chi connectivity index (χ2n) is 9.47. The van der Waals surface area contributed by atoms with Crippen LogP contribution in [0.5, 0.6) is 0 Å². The van der Waals surface area contributed by atoms with Crippen LogP contribution in [-0.2, 0) is 34.3 Å². The molecule has 2 aliphatic rings. The van der Waals surface area contributed by atoms with Gasteiger partial charge in [0, 0.05) is 31.1 Å². The van der Waals surface area contributed by atoms with E-state index < -0.39 is 99.6 Å². The predicted octanol–water partition coefficient (Wildman–Crippen LogP) is -2.91. The summed E-state index contributed by atoms with van der Waals surface area (Å²) in [5.41, 5.74) is 1.39. The summed E-state index contributed by atoms with van der Waals surface area (Å²) < 4.78 is 33.7. The first-order valence-corrected chi connectivity index (χ1v) is 13.2. The van der Waals surface area contributed by atoms with Gasteiger partial charge in [-0.3, -0.25) is 28.2 Å². The summed E-state index contributed by atoms with van der Waals surface area (Å²) >= 11 is 0. The van der Waals surface area contributed by atoms with Crippen LogP contribution < -0.4 is 22.3 Å². The number of ether oxygens (including phenoxy) is 2. The third-order valence-electron chi connectivity index (χ3n) is 6.34. The minimum absolute atomic E-state index is 0.142. The number of aliphatic hydroxyl groups excluding tert-OH is 3. The van der Waals surface area contributed by atoms with E-state index >= 15 is 0 Å². The van der Waals surface area contributed by atoms with Crippen molar-refractivity contribution in [2.75, 3.05) is 19.8 Å². The number of carboxylic acids is 1. The molecule has 8 atom stereocenters. The number of hydrogen-bond donors (Lipinski definition) is 8. The van der Waals surface area contributed by atoms with Gasteiger partial charge >= 0.3 is 25.5 Å². The van der Waals surface area contributed by atoms with E-state index in [1.807, 2.05) is 4.98 Å². The van der Waals surface area contributed by atoms with Crippen LogP contribution in [0.25, 0.3) is 0 Å². The Morgan fingerprint density at radius 3 is 2.59 bits per heavy atom. The molecular formula is C20H31N4O14P. The number of phosphoric acid groups is 1. The fourth-order valence-electron chi connectivity index (χ4n) is 4.16. The van der Waals surface area contributed by atoms with Gasteiger partial charge in [-0.15, -0.1) is 0 Å². The van der Waals surface area contributed by atoms with E-state index in [-0.39, 0.29) is 18.4 Å². The van der Waals surface area contributed by atoms with Crippen LogP contribution in [0.1, 0.15) is 31.6 Å². The molecule has 2 saturated heterocycles. The summed E-state index contributed by atoms with van der Waals surface area (Å²) in [5, 5.41) is 40.9. The first-order chi connectivity index (χ1) is 18.1. The first kappa shape index (κ1) is 30.9. The van der Waals surface area contributed by atoms with Gasteiger partial charge in [0.1, 0.15) is 24.5 Å². The van der Waals surface area contributed by atoms with Crippen LogP contribution in [0, 0.1) is 5.41 Å². The lowest BCUT2D eigenvalue weighted by Gasteiger charge is -2.25. The van der Waals surface area contributed by atoms with Crippen LogP contribution in [0.15, 0.2) is 15.8 Å². The molecule has 2 fully saturated rings. The third kappa shape index (κ3) is 7.71. The van der Waals surface area contributed by atoms with E-state index in [0.29, 0.717) is 0 Å². The predicted molar refractivity (Wildman–Crippen MR) is 126 cm³/mol. The zero-order chi connectivity index (χ0) is 29.1. The average molecular weight is 582 g/mol. The number of phosphoric ester groups is 1. The molecule has 2 amide bonds. The number of aromatic nitrogens is 2. The van der Waals surface area contributed by atoms with Crippen molar-refractivity contribution < 1.29 is 58.0 Å². The number of urea groups is 1. The Hall–Kier alpha value is -2.67. The number of aliphatic hydroxyl groups is 3. The van der Waals surface area contributed by atoms with Crippen LogP contribution >= 0.6 is 7.82 Å². The number of hydrogen-bond acceptors (Lipinski definition) is 12. The van der Waals surface area contributed by atoms with Crippen molar-refractivity contribution in [3.8, 4) is 0 Å². The highest BCUT2D eigenvalue weighted by molar-refractivity contribution is 7.47. The van der Waals surface area contributed by atoms with Gasteiger partial charge in [0.15, 0.2) is 6.29 Å². The fraction of sp³-hybridized carbons (Fsp3) is 0.700. The molecule has 220 valence electrons. The first-order valence-electron chi connectivity index (χ1n) is 11.7. The highest BCUT2D eigenvalue weighted by Crippen LogP contribution is 2.47. The van der Waals surface area contributed by atoms with E-state index in [9.17, 15) is 49.1 Å². The van der Waals surface area contributed by atoms with Crippen molar-refractivity contribution in [2.45, 2.75) is 63.1 Å². The summed E-state index contributed by atoms with van der Waals surface area (Å²) in [5.74, 6) is -1.35. The smallest absolute Gasteiger partial charge is 0.472 e. The standard InChI is InChI=1S/C20H31N4O14P/c1-20(17(29)30,8-22-18(21)31)4-9-5-24(19(32)23-16(9)28)14-2-10(26)13(36-14)7-35-39(33,34)38-11-3-15(27)37-12(11)6-25/h5,10-15,25-27H,2-4,6-8H2,1H3,(H,29,30)(H,33,34)(H3,21,22,31)(H,23,28,32)/t10-,11-,12+,13+,14+,15+,20-/m0/s1. The van der Waals surface area contributed by atoms with Crippen LogP contribution in [0.3, 0.4) is 0 Å². The Balaban J connectivity index is 1.70. The molecule has 19 heteroatoms. The maximum atomic E-state index is 12.5. The van der Waals surface area contributed by atoms with Gasteiger partial charge in [-0.1, -0.05) is 0 Å². The fourth-order valence-corrected chi connectivity index (χ4v) is 5.12. The van der Waals surface area contributed by atoms with Gasteiger partial charge in [-0.2, -0.15) is 0 Å². The van der Waals surface area contributed by atoms with Crippen LogP contribution in [-0.4, -0.2) is 97.3 Å². The molecule has 1 unspecified atom stereocenters. The summed E-state index contributed by atoms with van der Waals surface area (Å²) in [6, 6.07) is -0.969. The number of primary amides is 1. The number of carbonyl (C=O) groups excluding carboxylic acids is 1. The highest BCUT2D eigenvalue weighted by atomic mass is 31.2. The summed E-state index contributed by atoms with van der Waals surface area (Å²) in [4.78, 5) is 59.8. The Bertz CT molecular complexity index is 1220. The monoisotopic (exact) mass is 582 g/mol. The normalized spacial score (nSPS) is 30.0. The molecule has 2 aliphatic heterocycles. The van der Waals surface area contributed by atoms with Crippen molar-refractivity contribution in [2.24, 2.45) is 11.1 Å². The highest BCUT2D eigenvalue weighted by Gasteiger charge is 2.42. The molecule has 1 aromatic rings. The number of rotatable bonds is 12. The Morgan fingerprint density at radius 1 is 1.28 bits per heavy atom. The van der Waals surface area contributed by atoms with E-state index in [2.05, 4.69) is 5.32 Å². The zero-order valence-electron chi connectivity index (χ0n) is 20.7. The Morgan fingerprint density at radius 2 is 1.97 bits per heavy atom. The van der Waals surface area contributed by atoms with E-state index in [4.69, 9.17) is 24.3 Å². The number of aromatic amines is 1. The number of carboxylic acid groups (broad SMARTS) is 1. The molecule has 3 heterocycles. The molecule has 0 aromatic carbocycles. The Labute approximate surface area is 219 Å². The number of amides is 2. The van der Waals surface area contributed by atoms with Gasteiger partial charge in [0.05, 0.1) is 24.7 Å². The molecule has 0 saturated carbocycles. The lowest BCUT2D eigenvalue weighted by Crippen LogP contribution is -2.45. The number of aliphatic carboxylic acids is 1. The number of H-pyrrole nitrogens is 1. The second-order valence-corrected chi connectivity index (χ2v) is 10.9. The quantitative estimate of drug-likeness (QED) is 0.115. The Kier molecular flexibility index (Phi) is 9.69. The van der Waals surface area contributed by atoms with Crippen LogP contribution in [0.2, 0.25) is 0 Å². The largest absolute Gasteiger partial charge is 0.481 e. The van der Waals surface area contributed by atoms with Crippen molar-refractivity contribution in [1.29, 1.82) is 0 Å². The molecule has 3 rings (SSSR count). The molecule has 39 heavy (non-hydrogen) atoms. The lowest BCUT2D eigenvalue weighted by atomic mass is 9.84. The van der Waals surface area contributed by atoms with E-state index in [1.54, 1.807) is 0 Å². The molecule has 0 spiro atoms. The molecule has 0 aliphatic carbocycles. The summed E-state index contributed by atoms with van der Waals surface area (Å²) in [7, 11) is -4.76. The van der Waals surface area contributed by atoms with Crippen molar-refractivity contribution in [3.05, 3.63) is 32.6 Å². The minimum Gasteiger partial charge on any atom is -0.481 e. The molecule has 1 aromatic heterocycles. The summed E-state index contributed by atoms with van der Waals surface area (Å²) in [6.45, 7) is -0.397. The second kappa shape index (κ2) is 12.2. The molecule has 0 radical (unpaired) electrons. The average Bonchev–Trinajstić information content (AvgIpc) is 3.38. The number of nitrogens with two attached hydrogens (primary N) is 1. The van der Waals surface area contributed by atoms with Gasteiger partial charge < -0.3 is 45.8 Å². The van der Waals surface area contributed by atoms with E-state index in [1.165, 1.54) is 6.92 Å². The van der Waals surface area contributed by atoms with Crippen molar-refractivity contribution >= 4 is 19.8 Å². The van der Waals surface area contributed by atoms with Crippen molar-refractivity contribution in [1.82, 2.24) is 14.9 Å². The number of carbonyl (C=O) groups is 2. The lowest BCUT2D eigenvalue weighted by molar-refractivity contribution is -0.147.